The van der Waals surface area contributed by atoms with Gasteiger partial charge in [-0.25, -0.2) is 9.97 Å². The smallest absolute Gasteiger partial charge is 0.115 e. The molecule has 0 N–H and O–H groups in total. The summed E-state index contributed by atoms with van der Waals surface area (Å²) in [4.78, 5) is 7.89. The number of aromatic nitrogens is 2. The minimum Gasteiger partial charge on any atom is -0.244 e. The third-order valence-corrected chi connectivity index (χ3v) is 1.60. The van der Waals surface area contributed by atoms with Crippen molar-refractivity contribution in [2.75, 3.05) is 0 Å². The molecule has 2 heteroatoms. The molecule has 0 amide bonds. The number of nitrogens with zero attached hydrogens (tertiary/aromatic N) is 2. The second kappa shape index (κ2) is 4.83. The van der Waals surface area contributed by atoms with E-state index in [1.807, 2.05) is 0 Å². The van der Waals surface area contributed by atoms with Gasteiger partial charge >= 0.3 is 0 Å². The fourth-order valence-electron chi connectivity index (χ4n) is 0.965. The van der Waals surface area contributed by atoms with Crippen molar-refractivity contribution in [1.82, 2.24) is 9.97 Å². The van der Waals surface area contributed by atoms with Crippen molar-refractivity contribution in [3.63, 3.8) is 0 Å². The molecule has 1 aromatic heterocycles. The van der Waals surface area contributed by atoms with Crippen LogP contribution in [-0.4, -0.2) is 9.97 Å². The predicted molar refractivity (Wildman–Crippen MR) is 44.1 cm³/mol. The largest absolute Gasteiger partial charge is 0.244 e. The lowest BCUT2D eigenvalue weighted by Crippen LogP contribution is -1.90. The van der Waals surface area contributed by atoms with Crippen molar-refractivity contribution in [3.8, 4) is 0 Å². The average Bonchev–Trinajstić information content (AvgIpc) is 2.07. The molecule has 0 saturated carbocycles. The van der Waals surface area contributed by atoms with Gasteiger partial charge < -0.3 is 0 Å². The monoisotopic (exact) mass is 149 g/mol. The van der Waals surface area contributed by atoms with E-state index in [1.54, 1.807) is 12.5 Å². The first-order valence-corrected chi connectivity index (χ1v) is 4.10. The lowest BCUT2D eigenvalue weighted by atomic mass is 10.1. The molecular formula is C9H13N2. The first-order chi connectivity index (χ1) is 5.43. The predicted octanol–water partition coefficient (Wildman–Crippen LogP) is 2.01. The molecule has 0 fully saturated rings. The Balaban J connectivity index is 2.28. The van der Waals surface area contributed by atoms with E-state index in [4.69, 9.17) is 0 Å². The summed E-state index contributed by atoms with van der Waals surface area (Å²) in [5.74, 6) is 0. The Hall–Kier alpha value is -0.920. The molecule has 59 valence electrons. The van der Waals surface area contributed by atoms with Crippen LogP contribution in [0.2, 0.25) is 0 Å². The van der Waals surface area contributed by atoms with Crippen LogP contribution in [-0.2, 0) is 6.42 Å². The van der Waals surface area contributed by atoms with Crippen molar-refractivity contribution < 1.29 is 0 Å². The third kappa shape index (κ3) is 3.12. The van der Waals surface area contributed by atoms with E-state index >= 15 is 0 Å². The van der Waals surface area contributed by atoms with Gasteiger partial charge in [0.25, 0.3) is 0 Å². The molecule has 11 heavy (non-hydrogen) atoms. The van der Waals surface area contributed by atoms with Crippen LogP contribution in [0.1, 0.15) is 31.9 Å². The molecule has 0 atom stereocenters. The highest BCUT2D eigenvalue weighted by Crippen LogP contribution is 2.00. The van der Waals surface area contributed by atoms with Crippen LogP contribution in [0.5, 0.6) is 0 Å². The Morgan fingerprint density at radius 3 is 3.00 bits per heavy atom. The van der Waals surface area contributed by atoms with Crippen molar-refractivity contribution in [1.29, 1.82) is 0 Å². The SMILES string of the molecule is CCCCCc1[c]cncn1. The van der Waals surface area contributed by atoms with Gasteiger partial charge in [-0.15, -0.1) is 0 Å². The van der Waals surface area contributed by atoms with Crippen molar-refractivity contribution >= 4 is 0 Å². The Morgan fingerprint density at radius 1 is 1.45 bits per heavy atom. The average molecular weight is 149 g/mol. The van der Waals surface area contributed by atoms with Gasteiger partial charge in [0.2, 0.25) is 0 Å². The van der Waals surface area contributed by atoms with E-state index in [2.05, 4.69) is 23.0 Å². The summed E-state index contributed by atoms with van der Waals surface area (Å²) < 4.78 is 0. The second-order valence-corrected chi connectivity index (χ2v) is 2.57. The standard InChI is InChI=1S/C9H13N2/c1-2-3-4-5-9-6-7-10-8-11-9/h7-8H,2-5H2,1H3. The molecule has 0 bridgehead atoms. The fraction of sp³-hybridized carbons (Fsp3) is 0.556. The molecular weight excluding hydrogens is 136 g/mol. The molecule has 0 saturated heterocycles. The maximum absolute atomic E-state index is 4.08. The molecule has 1 rings (SSSR count). The maximum Gasteiger partial charge on any atom is 0.115 e. The second-order valence-electron chi connectivity index (χ2n) is 2.57. The van der Waals surface area contributed by atoms with E-state index in [9.17, 15) is 0 Å². The molecule has 0 unspecified atom stereocenters. The number of hydrogen-bond acceptors (Lipinski definition) is 2. The zero-order chi connectivity index (χ0) is 7.94. The fourth-order valence-corrected chi connectivity index (χ4v) is 0.965. The topological polar surface area (TPSA) is 25.8 Å². The normalized spacial score (nSPS) is 9.91. The molecule has 0 aliphatic heterocycles. The van der Waals surface area contributed by atoms with Crippen LogP contribution in [0, 0.1) is 6.07 Å². The molecule has 1 radical (unpaired) electrons. The van der Waals surface area contributed by atoms with Crippen LogP contribution < -0.4 is 0 Å². The summed E-state index contributed by atoms with van der Waals surface area (Å²) in [5.41, 5.74) is 1.04. The lowest BCUT2D eigenvalue weighted by molar-refractivity contribution is 0.705. The van der Waals surface area contributed by atoms with Gasteiger partial charge in [0.1, 0.15) is 6.33 Å². The highest BCUT2D eigenvalue weighted by atomic mass is 14.8. The molecule has 1 heterocycles. The van der Waals surface area contributed by atoms with Gasteiger partial charge in [-0.05, 0) is 12.8 Å². The number of aryl methyl sites for hydroxylation is 1. The molecule has 0 aromatic carbocycles. The van der Waals surface area contributed by atoms with E-state index in [0.717, 1.165) is 12.1 Å². The van der Waals surface area contributed by atoms with Gasteiger partial charge in [-0.1, -0.05) is 19.8 Å². The third-order valence-electron chi connectivity index (χ3n) is 1.60. The van der Waals surface area contributed by atoms with Crippen LogP contribution >= 0.6 is 0 Å². The summed E-state index contributed by atoms with van der Waals surface area (Å²) in [6.45, 7) is 2.20. The van der Waals surface area contributed by atoms with E-state index < -0.39 is 0 Å². The van der Waals surface area contributed by atoms with Crippen molar-refractivity contribution in [3.05, 3.63) is 24.3 Å². The summed E-state index contributed by atoms with van der Waals surface area (Å²) in [6, 6.07) is 3.01. The van der Waals surface area contributed by atoms with Gasteiger partial charge in [0.15, 0.2) is 0 Å². The quantitative estimate of drug-likeness (QED) is 0.612. The van der Waals surface area contributed by atoms with E-state index in [-0.39, 0.29) is 0 Å². The molecule has 0 spiro atoms. The summed E-state index contributed by atoms with van der Waals surface area (Å²) in [6.07, 6.45) is 8.04. The van der Waals surface area contributed by atoms with Gasteiger partial charge in [0.05, 0.1) is 5.69 Å². The highest BCUT2D eigenvalue weighted by molar-refractivity contribution is 4.94. The first-order valence-electron chi connectivity index (χ1n) is 4.10. The summed E-state index contributed by atoms with van der Waals surface area (Å²) in [5, 5.41) is 0. The zero-order valence-electron chi connectivity index (χ0n) is 6.88. The zero-order valence-corrected chi connectivity index (χ0v) is 6.88. The van der Waals surface area contributed by atoms with Crippen molar-refractivity contribution in [2.24, 2.45) is 0 Å². The van der Waals surface area contributed by atoms with Gasteiger partial charge in [0, 0.05) is 12.3 Å². The molecule has 0 aliphatic rings. The van der Waals surface area contributed by atoms with Gasteiger partial charge in [-0.2, -0.15) is 0 Å². The van der Waals surface area contributed by atoms with Crippen LogP contribution in [0.15, 0.2) is 12.5 Å². The van der Waals surface area contributed by atoms with Gasteiger partial charge in [-0.3, -0.25) is 0 Å². The molecule has 0 aliphatic carbocycles. The number of rotatable bonds is 4. The summed E-state index contributed by atoms with van der Waals surface area (Å²) >= 11 is 0. The van der Waals surface area contributed by atoms with E-state index in [1.165, 1.54) is 19.3 Å². The number of unbranched alkanes of at least 4 members (excludes halogenated alkanes) is 2. The molecule has 1 aromatic rings. The summed E-state index contributed by atoms with van der Waals surface area (Å²) in [7, 11) is 0. The Kier molecular flexibility index (Phi) is 3.59. The van der Waals surface area contributed by atoms with Crippen LogP contribution in [0.25, 0.3) is 0 Å². The van der Waals surface area contributed by atoms with Crippen molar-refractivity contribution in [2.45, 2.75) is 32.6 Å². The minimum absolute atomic E-state index is 1.04. The Labute approximate surface area is 67.7 Å². The lowest BCUT2D eigenvalue weighted by Gasteiger charge is -1.96. The minimum atomic E-state index is 1.04. The first kappa shape index (κ1) is 8.18. The van der Waals surface area contributed by atoms with Crippen LogP contribution in [0.3, 0.4) is 0 Å². The maximum atomic E-state index is 4.08. The van der Waals surface area contributed by atoms with E-state index in [0.29, 0.717) is 0 Å². The molecule has 2 nitrogen and oxygen atoms in total. The Bertz CT molecular complexity index is 184. The van der Waals surface area contributed by atoms with Crippen LogP contribution in [0.4, 0.5) is 0 Å². The number of hydrogen-bond donors (Lipinski definition) is 0. The highest BCUT2D eigenvalue weighted by Gasteiger charge is 1.91. The Morgan fingerprint density at radius 2 is 2.36 bits per heavy atom.